The smallest absolute Gasteiger partial charge is 0.250 e. The first-order valence-corrected chi connectivity index (χ1v) is 5.85. The highest BCUT2D eigenvalue weighted by Gasteiger charge is 2.13. The summed E-state index contributed by atoms with van der Waals surface area (Å²) < 4.78 is 19.2. The third-order valence-electron chi connectivity index (χ3n) is 2.40. The molecule has 1 N–H and O–H groups in total. The molecular formula is C13H21FN2O. The van der Waals surface area contributed by atoms with E-state index < -0.39 is 0 Å². The molecule has 0 aliphatic carbocycles. The molecule has 0 amide bonds. The number of nitrogens with one attached hydrogen (secondary N) is 1. The number of aromatic nitrogens is 1. The third-order valence-corrected chi connectivity index (χ3v) is 2.40. The Morgan fingerprint density at radius 1 is 1.41 bits per heavy atom. The first-order valence-electron chi connectivity index (χ1n) is 5.85. The van der Waals surface area contributed by atoms with Crippen LogP contribution in [0.5, 0.6) is 5.88 Å². The Balaban J connectivity index is 2.62. The van der Waals surface area contributed by atoms with Crippen molar-refractivity contribution in [1.29, 1.82) is 0 Å². The monoisotopic (exact) mass is 240 g/mol. The van der Waals surface area contributed by atoms with Crippen molar-refractivity contribution in [3.63, 3.8) is 0 Å². The molecule has 3 nitrogen and oxygen atoms in total. The topological polar surface area (TPSA) is 34.2 Å². The van der Waals surface area contributed by atoms with E-state index in [-0.39, 0.29) is 17.1 Å². The van der Waals surface area contributed by atoms with E-state index in [9.17, 15) is 4.39 Å². The second-order valence-corrected chi connectivity index (χ2v) is 5.28. The maximum atomic E-state index is 13.9. The molecule has 0 unspecified atom stereocenters. The maximum absolute atomic E-state index is 13.9. The number of ether oxygens (including phenoxy) is 1. The normalized spacial score (nSPS) is 11.6. The van der Waals surface area contributed by atoms with E-state index in [1.807, 2.05) is 0 Å². The van der Waals surface area contributed by atoms with Crippen LogP contribution in [0.4, 0.5) is 4.39 Å². The van der Waals surface area contributed by atoms with Crippen molar-refractivity contribution in [2.75, 3.05) is 13.7 Å². The Bertz CT molecular complexity index is 361. The summed E-state index contributed by atoms with van der Waals surface area (Å²) in [6.07, 6.45) is 2.44. The van der Waals surface area contributed by atoms with Crippen LogP contribution in [0.25, 0.3) is 0 Å². The minimum atomic E-state index is -0.365. The van der Waals surface area contributed by atoms with Crippen LogP contribution in [-0.2, 0) is 6.54 Å². The molecule has 17 heavy (non-hydrogen) atoms. The molecule has 1 aromatic rings. The fourth-order valence-corrected chi connectivity index (χ4v) is 1.34. The van der Waals surface area contributed by atoms with Gasteiger partial charge in [0.2, 0.25) is 0 Å². The van der Waals surface area contributed by atoms with Gasteiger partial charge in [0.15, 0.2) is 5.82 Å². The lowest BCUT2D eigenvalue weighted by atomic mass is 9.93. The van der Waals surface area contributed by atoms with Gasteiger partial charge in [-0.25, -0.2) is 9.37 Å². The lowest BCUT2D eigenvalue weighted by Crippen LogP contribution is -2.13. The Morgan fingerprint density at radius 3 is 2.71 bits per heavy atom. The van der Waals surface area contributed by atoms with Crippen molar-refractivity contribution in [3.8, 4) is 5.88 Å². The minimum absolute atomic E-state index is 0.0991. The number of pyridine rings is 1. The Labute approximate surface area is 102 Å². The molecule has 4 heteroatoms. The highest BCUT2D eigenvalue weighted by molar-refractivity contribution is 5.23. The van der Waals surface area contributed by atoms with E-state index in [1.54, 1.807) is 19.3 Å². The summed E-state index contributed by atoms with van der Waals surface area (Å²) in [4.78, 5) is 3.92. The van der Waals surface area contributed by atoms with Crippen LogP contribution in [0, 0.1) is 11.2 Å². The first kappa shape index (κ1) is 13.9. The fraction of sp³-hybridized carbons (Fsp3) is 0.615. The van der Waals surface area contributed by atoms with Crippen molar-refractivity contribution in [3.05, 3.63) is 23.6 Å². The van der Waals surface area contributed by atoms with Crippen molar-refractivity contribution < 1.29 is 9.13 Å². The molecule has 0 atom stereocenters. The van der Waals surface area contributed by atoms with Crippen LogP contribution in [0.3, 0.4) is 0 Å². The van der Waals surface area contributed by atoms with Gasteiger partial charge in [0.05, 0.1) is 6.61 Å². The number of hydrogen-bond donors (Lipinski definition) is 1. The molecule has 0 aromatic carbocycles. The second kappa shape index (κ2) is 5.96. The summed E-state index contributed by atoms with van der Waals surface area (Å²) in [6.45, 7) is 7.33. The predicted octanol–water partition coefficient (Wildman–Crippen LogP) is 2.76. The van der Waals surface area contributed by atoms with Crippen LogP contribution in [-0.4, -0.2) is 18.6 Å². The summed E-state index contributed by atoms with van der Waals surface area (Å²) in [5.74, 6) is -0.266. The Morgan fingerprint density at radius 2 is 2.12 bits per heavy atom. The van der Waals surface area contributed by atoms with Gasteiger partial charge in [-0.05, 0) is 24.9 Å². The van der Waals surface area contributed by atoms with Crippen LogP contribution in [0.1, 0.15) is 32.8 Å². The SMILES string of the molecule is CNCc1ccnc(OCCC(C)(C)C)c1F. The Hall–Kier alpha value is -1.16. The number of halogens is 1. The molecule has 1 aromatic heterocycles. The lowest BCUT2D eigenvalue weighted by molar-refractivity contribution is 0.227. The molecule has 0 saturated heterocycles. The van der Waals surface area contributed by atoms with Gasteiger partial charge >= 0.3 is 0 Å². The van der Waals surface area contributed by atoms with Crippen molar-refractivity contribution in [2.24, 2.45) is 5.41 Å². The standard InChI is InChI=1S/C13H21FN2O/c1-13(2,3)6-8-17-12-11(14)10(9-15-4)5-7-16-12/h5,7,15H,6,8-9H2,1-4H3. The molecule has 0 fully saturated rings. The lowest BCUT2D eigenvalue weighted by Gasteiger charge is -2.18. The van der Waals surface area contributed by atoms with Crippen LogP contribution >= 0.6 is 0 Å². The zero-order chi connectivity index (χ0) is 12.9. The molecule has 0 saturated carbocycles. The second-order valence-electron chi connectivity index (χ2n) is 5.28. The van der Waals surface area contributed by atoms with E-state index in [0.29, 0.717) is 18.7 Å². The summed E-state index contributed by atoms with van der Waals surface area (Å²) in [5.41, 5.74) is 0.757. The van der Waals surface area contributed by atoms with E-state index in [2.05, 4.69) is 31.1 Å². The molecule has 0 aliphatic rings. The molecule has 0 radical (unpaired) electrons. The van der Waals surface area contributed by atoms with Gasteiger partial charge in [0.1, 0.15) is 0 Å². The number of nitrogens with zero attached hydrogens (tertiary/aromatic N) is 1. The highest BCUT2D eigenvalue weighted by atomic mass is 19.1. The first-order chi connectivity index (χ1) is 7.94. The maximum Gasteiger partial charge on any atom is 0.250 e. The van der Waals surface area contributed by atoms with E-state index in [4.69, 9.17) is 4.74 Å². The molecule has 1 heterocycles. The van der Waals surface area contributed by atoms with Crippen LogP contribution in [0.15, 0.2) is 12.3 Å². The predicted molar refractivity (Wildman–Crippen MR) is 66.5 cm³/mol. The number of rotatable bonds is 5. The average molecular weight is 240 g/mol. The van der Waals surface area contributed by atoms with Gasteiger partial charge in [-0.1, -0.05) is 20.8 Å². The van der Waals surface area contributed by atoms with Gasteiger partial charge in [-0.3, -0.25) is 0 Å². The highest BCUT2D eigenvalue weighted by Crippen LogP contribution is 2.21. The molecular weight excluding hydrogens is 219 g/mol. The molecule has 0 aliphatic heterocycles. The Kier molecular flexibility index (Phi) is 4.87. The molecule has 1 rings (SSSR count). The van der Waals surface area contributed by atoms with Crippen molar-refractivity contribution in [2.45, 2.75) is 33.7 Å². The van der Waals surface area contributed by atoms with Gasteiger partial charge in [0.25, 0.3) is 5.88 Å². The summed E-state index contributed by atoms with van der Waals surface area (Å²) >= 11 is 0. The summed E-state index contributed by atoms with van der Waals surface area (Å²) in [6, 6.07) is 1.66. The van der Waals surface area contributed by atoms with Crippen LogP contribution in [0.2, 0.25) is 0 Å². The average Bonchev–Trinajstić information content (AvgIpc) is 2.22. The van der Waals surface area contributed by atoms with Gasteiger partial charge in [-0.2, -0.15) is 0 Å². The van der Waals surface area contributed by atoms with Gasteiger partial charge in [0, 0.05) is 18.3 Å². The molecule has 0 spiro atoms. The van der Waals surface area contributed by atoms with E-state index in [0.717, 1.165) is 6.42 Å². The largest absolute Gasteiger partial charge is 0.476 e. The molecule has 96 valence electrons. The van der Waals surface area contributed by atoms with Crippen molar-refractivity contribution >= 4 is 0 Å². The van der Waals surface area contributed by atoms with E-state index >= 15 is 0 Å². The summed E-state index contributed by atoms with van der Waals surface area (Å²) in [7, 11) is 1.78. The zero-order valence-corrected chi connectivity index (χ0v) is 11.0. The van der Waals surface area contributed by atoms with Gasteiger partial charge < -0.3 is 10.1 Å². The van der Waals surface area contributed by atoms with E-state index in [1.165, 1.54) is 0 Å². The molecule has 0 bridgehead atoms. The third kappa shape index (κ3) is 4.69. The minimum Gasteiger partial charge on any atom is -0.476 e. The van der Waals surface area contributed by atoms with Crippen LogP contribution < -0.4 is 10.1 Å². The summed E-state index contributed by atoms with van der Waals surface area (Å²) in [5, 5.41) is 2.91. The quantitative estimate of drug-likeness (QED) is 0.859. The number of hydrogen-bond acceptors (Lipinski definition) is 3. The fourth-order valence-electron chi connectivity index (χ4n) is 1.34. The zero-order valence-electron chi connectivity index (χ0n) is 11.0. The van der Waals surface area contributed by atoms with Gasteiger partial charge in [-0.15, -0.1) is 0 Å². The van der Waals surface area contributed by atoms with Crippen molar-refractivity contribution in [1.82, 2.24) is 10.3 Å².